The van der Waals surface area contributed by atoms with E-state index in [0.29, 0.717) is 11.8 Å². The average molecular weight is 211 g/mol. The summed E-state index contributed by atoms with van der Waals surface area (Å²) >= 11 is 1.72. The lowest BCUT2D eigenvalue weighted by Crippen LogP contribution is -2.04. The Bertz CT molecular complexity index is 261. The molecule has 0 spiro atoms. The van der Waals surface area contributed by atoms with Gasteiger partial charge in [0.25, 0.3) is 0 Å². The molecule has 78 valence electrons. The van der Waals surface area contributed by atoms with Gasteiger partial charge in [-0.2, -0.15) is 0 Å². The van der Waals surface area contributed by atoms with Crippen LogP contribution < -0.4 is 5.73 Å². The zero-order chi connectivity index (χ0) is 10.4. The fourth-order valence-corrected chi connectivity index (χ4v) is 1.72. The molecule has 0 bridgehead atoms. The number of aromatic nitrogens is 2. The molecule has 1 aromatic heterocycles. The van der Waals surface area contributed by atoms with Crippen molar-refractivity contribution in [2.45, 2.75) is 37.1 Å². The maximum atomic E-state index is 5.44. The van der Waals surface area contributed by atoms with E-state index in [0.717, 1.165) is 23.6 Å². The Morgan fingerprint density at radius 1 is 1.43 bits per heavy atom. The van der Waals surface area contributed by atoms with Crippen LogP contribution in [0.15, 0.2) is 17.6 Å². The van der Waals surface area contributed by atoms with Gasteiger partial charge in [0, 0.05) is 17.6 Å². The molecule has 2 N–H and O–H groups in total. The second kappa shape index (κ2) is 5.98. The number of nitrogens with zero attached hydrogens (tertiary/aromatic N) is 2. The van der Waals surface area contributed by atoms with Crippen LogP contribution in [0.3, 0.4) is 0 Å². The highest BCUT2D eigenvalue weighted by atomic mass is 32.2. The van der Waals surface area contributed by atoms with E-state index in [9.17, 15) is 0 Å². The number of hydrogen-bond acceptors (Lipinski definition) is 4. The highest BCUT2D eigenvalue weighted by Crippen LogP contribution is 2.20. The van der Waals surface area contributed by atoms with Crippen LogP contribution in [0.5, 0.6) is 0 Å². The number of hydrogen-bond donors (Lipinski definition) is 1. The van der Waals surface area contributed by atoms with Gasteiger partial charge in [-0.3, -0.25) is 0 Å². The Morgan fingerprint density at radius 3 is 2.57 bits per heavy atom. The SMILES string of the molecule is CCC(C)Sc1ncc(CCN)cn1. The van der Waals surface area contributed by atoms with E-state index in [-0.39, 0.29) is 0 Å². The quantitative estimate of drug-likeness (QED) is 0.596. The third kappa shape index (κ3) is 3.64. The molecule has 0 radical (unpaired) electrons. The van der Waals surface area contributed by atoms with E-state index in [1.165, 1.54) is 0 Å². The maximum absolute atomic E-state index is 5.44. The molecule has 0 aliphatic carbocycles. The molecule has 0 aromatic carbocycles. The van der Waals surface area contributed by atoms with Gasteiger partial charge < -0.3 is 5.73 Å². The van der Waals surface area contributed by atoms with Gasteiger partial charge in [0.05, 0.1) is 0 Å². The molecule has 4 heteroatoms. The third-order valence-corrected chi connectivity index (χ3v) is 3.15. The van der Waals surface area contributed by atoms with Crippen molar-refractivity contribution < 1.29 is 0 Å². The summed E-state index contributed by atoms with van der Waals surface area (Å²) < 4.78 is 0. The molecule has 0 aliphatic rings. The molecule has 3 nitrogen and oxygen atoms in total. The van der Waals surface area contributed by atoms with Crippen molar-refractivity contribution in [3.05, 3.63) is 18.0 Å². The summed E-state index contributed by atoms with van der Waals surface area (Å²) in [4.78, 5) is 8.56. The molecule has 0 saturated carbocycles. The molecule has 1 rings (SSSR count). The van der Waals surface area contributed by atoms with Gasteiger partial charge in [-0.15, -0.1) is 0 Å². The summed E-state index contributed by atoms with van der Waals surface area (Å²) in [6.45, 7) is 5.00. The first-order valence-electron chi connectivity index (χ1n) is 4.94. The van der Waals surface area contributed by atoms with Gasteiger partial charge in [0.15, 0.2) is 5.16 Å². The Hall–Kier alpha value is -0.610. The van der Waals surface area contributed by atoms with Crippen molar-refractivity contribution in [1.29, 1.82) is 0 Å². The van der Waals surface area contributed by atoms with Crippen LogP contribution in [0.4, 0.5) is 0 Å². The zero-order valence-electron chi connectivity index (χ0n) is 8.73. The Balaban J connectivity index is 2.54. The maximum Gasteiger partial charge on any atom is 0.187 e. The normalized spacial score (nSPS) is 12.8. The summed E-state index contributed by atoms with van der Waals surface area (Å²) in [7, 11) is 0. The molecular formula is C10H17N3S. The minimum atomic E-state index is 0.579. The number of rotatable bonds is 5. The molecule has 0 amide bonds. The second-order valence-electron chi connectivity index (χ2n) is 3.25. The lowest BCUT2D eigenvalue weighted by atomic mass is 10.2. The largest absolute Gasteiger partial charge is 0.330 e. The van der Waals surface area contributed by atoms with E-state index >= 15 is 0 Å². The zero-order valence-corrected chi connectivity index (χ0v) is 9.55. The minimum Gasteiger partial charge on any atom is -0.330 e. The summed E-state index contributed by atoms with van der Waals surface area (Å²) in [6.07, 6.45) is 5.72. The first kappa shape index (κ1) is 11.5. The highest BCUT2D eigenvalue weighted by molar-refractivity contribution is 7.99. The molecule has 1 heterocycles. The molecule has 0 fully saturated rings. The fourth-order valence-electron chi connectivity index (χ4n) is 0.963. The van der Waals surface area contributed by atoms with E-state index in [1.54, 1.807) is 11.8 Å². The van der Waals surface area contributed by atoms with Gasteiger partial charge in [-0.1, -0.05) is 25.6 Å². The lowest BCUT2D eigenvalue weighted by molar-refractivity contribution is 0.866. The third-order valence-electron chi connectivity index (χ3n) is 2.00. The van der Waals surface area contributed by atoms with Gasteiger partial charge in [0.2, 0.25) is 0 Å². The highest BCUT2D eigenvalue weighted by Gasteiger charge is 2.03. The lowest BCUT2D eigenvalue weighted by Gasteiger charge is -2.06. The monoisotopic (exact) mass is 211 g/mol. The molecule has 0 aliphatic heterocycles. The van der Waals surface area contributed by atoms with Crippen molar-refractivity contribution in [1.82, 2.24) is 9.97 Å². The van der Waals surface area contributed by atoms with Gasteiger partial charge in [-0.05, 0) is 24.9 Å². The predicted molar refractivity (Wildman–Crippen MR) is 60.4 cm³/mol. The van der Waals surface area contributed by atoms with Crippen LogP contribution in [-0.4, -0.2) is 21.8 Å². The summed E-state index contributed by atoms with van der Waals surface area (Å²) in [6, 6.07) is 0. The van der Waals surface area contributed by atoms with Crippen LogP contribution >= 0.6 is 11.8 Å². The van der Waals surface area contributed by atoms with E-state index in [4.69, 9.17) is 5.73 Å². The van der Waals surface area contributed by atoms with E-state index in [2.05, 4.69) is 23.8 Å². The van der Waals surface area contributed by atoms with Crippen LogP contribution in [0.25, 0.3) is 0 Å². The first-order chi connectivity index (χ1) is 6.76. The van der Waals surface area contributed by atoms with Crippen LogP contribution in [0.1, 0.15) is 25.8 Å². The predicted octanol–water partition coefficient (Wildman–Crippen LogP) is 1.87. The average Bonchev–Trinajstić information content (AvgIpc) is 2.21. The van der Waals surface area contributed by atoms with Crippen LogP contribution in [0, 0.1) is 0 Å². The van der Waals surface area contributed by atoms with E-state index in [1.807, 2.05) is 12.4 Å². The van der Waals surface area contributed by atoms with E-state index < -0.39 is 0 Å². The topological polar surface area (TPSA) is 51.8 Å². The van der Waals surface area contributed by atoms with Crippen molar-refractivity contribution in [3.63, 3.8) is 0 Å². The van der Waals surface area contributed by atoms with Crippen molar-refractivity contribution in [2.75, 3.05) is 6.54 Å². The molecule has 0 saturated heterocycles. The summed E-state index contributed by atoms with van der Waals surface area (Å²) in [5.74, 6) is 0. The smallest absolute Gasteiger partial charge is 0.187 e. The fraction of sp³-hybridized carbons (Fsp3) is 0.600. The van der Waals surface area contributed by atoms with Gasteiger partial charge >= 0.3 is 0 Å². The van der Waals surface area contributed by atoms with Crippen LogP contribution in [-0.2, 0) is 6.42 Å². The molecule has 1 unspecified atom stereocenters. The van der Waals surface area contributed by atoms with Gasteiger partial charge in [-0.25, -0.2) is 9.97 Å². The first-order valence-corrected chi connectivity index (χ1v) is 5.81. The van der Waals surface area contributed by atoms with Crippen LogP contribution in [0.2, 0.25) is 0 Å². The van der Waals surface area contributed by atoms with Gasteiger partial charge in [0.1, 0.15) is 0 Å². The Labute approximate surface area is 89.5 Å². The molecule has 1 aromatic rings. The van der Waals surface area contributed by atoms with Crippen molar-refractivity contribution in [2.24, 2.45) is 5.73 Å². The standard InChI is InChI=1S/C10H17N3S/c1-3-8(2)14-10-12-6-9(4-5-11)7-13-10/h6-8H,3-5,11H2,1-2H3. The number of thioether (sulfide) groups is 1. The van der Waals surface area contributed by atoms with Crippen molar-refractivity contribution in [3.8, 4) is 0 Å². The molecular weight excluding hydrogens is 194 g/mol. The Kier molecular flexibility index (Phi) is 4.90. The molecule has 1 atom stereocenters. The summed E-state index contributed by atoms with van der Waals surface area (Å²) in [5.41, 5.74) is 6.55. The second-order valence-corrected chi connectivity index (χ2v) is 4.65. The number of nitrogens with two attached hydrogens (primary N) is 1. The molecule has 14 heavy (non-hydrogen) atoms. The Morgan fingerprint density at radius 2 is 2.07 bits per heavy atom. The van der Waals surface area contributed by atoms with Crippen molar-refractivity contribution >= 4 is 11.8 Å². The minimum absolute atomic E-state index is 0.579. The summed E-state index contributed by atoms with van der Waals surface area (Å²) in [5, 5.41) is 1.44.